The molecule has 0 bridgehead atoms. The van der Waals surface area contributed by atoms with E-state index in [1.54, 1.807) is 6.92 Å². The van der Waals surface area contributed by atoms with E-state index in [4.69, 9.17) is 10.3 Å². The molecule has 0 amide bonds. The van der Waals surface area contributed by atoms with Crippen LogP contribution in [0.5, 0.6) is 0 Å². The summed E-state index contributed by atoms with van der Waals surface area (Å²) in [5.74, 6) is 0.559. The second-order valence-electron chi connectivity index (χ2n) is 12.7. The molecule has 0 unspecified atom stereocenters. The van der Waals surface area contributed by atoms with Crippen LogP contribution in [0.3, 0.4) is 0 Å². The number of anilines is 1. The molecule has 9 heteroatoms. The van der Waals surface area contributed by atoms with E-state index in [1.807, 2.05) is 76.3 Å². The zero-order valence-electron chi connectivity index (χ0n) is 29.2. The smallest absolute Gasteiger partial charge is 0.341 e. The molecular weight excluding hydrogens is 647 g/mol. The molecule has 0 spiro atoms. The van der Waals surface area contributed by atoms with E-state index in [9.17, 15) is 9.90 Å². The molecule has 0 aliphatic rings. The molecule has 0 saturated heterocycles. The monoisotopic (exact) mass is 685 g/mol. The van der Waals surface area contributed by atoms with E-state index in [2.05, 4.69) is 94.9 Å². The summed E-state index contributed by atoms with van der Waals surface area (Å²) < 4.78 is 1.95. The number of aromatic carboxylic acids is 1. The molecule has 7 aromatic rings. The van der Waals surface area contributed by atoms with Crippen molar-refractivity contribution in [3.05, 3.63) is 179 Å². The zero-order chi connectivity index (χ0) is 35.9. The third-order valence-electron chi connectivity index (χ3n) is 9.37. The van der Waals surface area contributed by atoms with Gasteiger partial charge in [0.15, 0.2) is 5.82 Å². The van der Waals surface area contributed by atoms with Crippen LogP contribution in [0.4, 0.5) is 5.82 Å². The Morgan fingerprint density at radius 1 is 0.750 bits per heavy atom. The molecule has 2 aromatic heterocycles. The van der Waals surface area contributed by atoms with Gasteiger partial charge in [-0.1, -0.05) is 153 Å². The number of carbonyl (C=O) groups is 1. The average molecular weight is 686 g/mol. The van der Waals surface area contributed by atoms with Crippen LogP contribution in [0.25, 0.3) is 22.5 Å². The Balaban J connectivity index is 1.31. The highest BCUT2D eigenvalue weighted by Crippen LogP contribution is 2.43. The van der Waals surface area contributed by atoms with Crippen molar-refractivity contribution in [2.24, 2.45) is 0 Å². The molecule has 5 aromatic carbocycles. The number of hydrogen-bond donors (Lipinski definition) is 1. The van der Waals surface area contributed by atoms with Crippen molar-refractivity contribution < 1.29 is 9.90 Å². The predicted octanol–water partition coefficient (Wildman–Crippen LogP) is 8.45. The SMILES string of the molecule is CCCCN(Cc1ccc(-c2ccccc2-c2nnnn2C(c2ccccc2)(c2ccccc2)c2ccccc2)cc1)c1nc(C)ncc1C(=O)O. The van der Waals surface area contributed by atoms with Crippen molar-refractivity contribution in [2.75, 3.05) is 11.4 Å². The van der Waals surface area contributed by atoms with Crippen LogP contribution >= 0.6 is 0 Å². The second-order valence-corrected chi connectivity index (χ2v) is 12.7. The van der Waals surface area contributed by atoms with Crippen molar-refractivity contribution in [1.29, 1.82) is 0 Å². The lowest BCUT2D eigenvalue weighted by Gasteiger charge is -2.36. The number of carboxylic acid groups (broad SMARTS) is 1. The van der Waals surface area contributed by atoms with Crippen molar-refractivity contribution in [3.63, 3.8) is 0 Å². The van der Waals surface area contributed by atoms with Gasteiger partial charge >= 0.3 is 5.97 Å². The molecule has 7 rings (SSSR count). The van der Waals surface area contributed by atoms with Crippen molar-refractivity contribution in [3.8, 4) is 22.5 Å². The van der Waals surface area contributed by atoms with Crippen LogP contribution < -0.4 is 4.90 Å². The van der Waals surface area contributed by atoms with Crippen molar-refractivity contribution in [1.82, 2.24) is 30.2 Å². The first-order chi connectivity index (χ1) is 25.5. The zero-order valence-corrected chi connectivity index (χ0v) is 29.2. The standard InChI is InChI=1S/C43H39N7O2/c1-3-4-28-49(40-39(42(51)52)29-44-31(2)45-40)30-32-24-26-33(27-25-32)37-22-14-15-23-38(37)41-46-47-48-50(41)43(34-16-8-5-9-17-34,35-18-10-6-11-19-35)36-20-12-7-13-21-36/h5-27,29H,3-4,28,30H2,1-2H3,(H,51,52). The number of unbranched alkanes of at least 4 members (excludes halogenated alkanes) is 1. The van der Waals surface area contributed by atoms with Gasteiger partial charge in [0, 0.05) is 24.8 Å². The normalized spacial score (nSPS) is 11.3. The third kappa shape index (κ3) is 6.56. The van der Waals surface area contributed by atoms with Crippen LogP contribution in [0, 0.1) is 6.92 Å². The van der Waals surface area contributed by atoms with Gasteiger partial charge in [-0.15, -0.1) is 5.10 Å². The highest BCUT2D eigenvalue weighted by Gasteiger charge is 2.42. The van der Waals surface area contributed by atoms with E-state index in [0.29, 0.717) is 30.6 Å². The van der Waals surface area contributed by atoms with Crippen molar-refractivity contribution >= 4 is 11.8 Å². The summed E-state index contributed by atoms with van der Waals surface area (Å²) in [6.07, 6.45) is 3.27. The third-order valence-corrected chi connectivity index (χ3v) is 9.37. The molecule has 9 nitrogen and oxygen atoms in total. The maximum Gasteiger partial charge on any atom is 0.341 e. The van der Waals surface area contributed by atoms with E-state index >= 15 is 0 Å². The number of nitrogens with zero attached hydrogens (tertiary/aromatic N) is 7. The Morgan fingerprint density at radius 2 is 1.31 bits per heavy atom. The largest absolute Gasteiger partial charge is 0.477 e. The van der Waals surface area contributed by atoms with Crippen LogP contribution in [0.1, 0.15) is 58.2 Å². The van der Waals surface area contributed by atoms with Crippen LogP contribution in [-0.2, 0) is 12.1 Å². The van der Waals surface area contributed by atoms with Crippen LogP contribution in [0.2, 0.25) is 0 Å². The van der Waals surface area contributed by atoms with Crippen LogP contribution in [0.15, 0.2) is 146 Å². The topological polar surface area (TPSA) is 110 Å². The van der Waals surface area contributed by atoms with E-state index in [0.717, 1.165) is 51.8 Å². The maximum atomic E-state index is 12.1. The van der Waals surface area contributed by atoms with E-state index in [1.165, 1.54) is 6.20 Å². The minimum atomic E-state index is -1.04. The first-order valence-electron chi connectivity index (χ1n) is 17.5. The number of tetrazole rings is 1. The Morgan fingerprint density at radius 3 is 1.87 bits per heavy atom. The fourth-order valence-electron chi connectivity index (χ4n) is 6.88. The Labute approximate surface area is 303 Å². The molecule has 0 aliphatic heterocycles. The lowest BCUT2D eigenvalue weighted by Crippen LogP contribution is -2.39. The van der Waals surface area contributed by atoms with E-state index < -0.39 is 11.5 Å². The van der Waals surface area contributed by atoms with Gasteiger partial charge in [0.2, 0.25) is 0 Å². The maximum absolute atomic E-state index is 12.1. The molecule has 0 saturated carbocycles. The first kappa shape index (κ1) is 34.0. The molecule has 0 atom stereocenters. The van der Waals surface area contributed by atoms with Gasteiger partial charge in [0.05, 0.1) is 0 Å². The van der Waals surface area contributed by atoms with Gasteiger partial charge in [-0.25, -0.2) is 19.4 Å². The summed E-state index contributed by atoms with van der Waals surface area (Å²) in [6.45, 7) is 5.07. The molecule has 0 fully saturated rings. The number of hydrogen-bond acceptors (Lipinski definition) is 7. The molecule has 0 radical (unpaired) electrons. The molecule has 258 valence electrons. The molecular formula is C43H39N7O2. The quantitative estimate of drug-likeness (QED) is 0.121. The van der Waals surface area contributed by atoms with Crippen molar-refractivity contribution in [2.45, 2.75) is 38.8 Å². The number of aryl methyl sites for hydroxylation is 1. The predicted molar refractivity (Wildman–Crippen MR) is 203 cm³/mol. The summed E-state index contributed by atoms with van der Waals surface area (Å²) in [4.78, 5) is 22.8. The van der Waals surface area contributed by atoms with Gasteiger partial charge in [0.25, 0.3) is 0 Å². The summed E-state index contributed by atoms with van der Waals surface area (Å²) in [7, 11) is 0. The lowest BCUT2D eigenvalue weighted by molar-refractivity contribution is 0.0696. The second kappa shape index (κ2) is 15.2. The van der Waals surface area contributed by atoms with Gasteiger partial charge in [0.1, 0.15) is 22.7 Å². The van der Waals surface area contributed by atoms with Gasteiger partial charge < -0.3 is 10.0 Å². The Bertz CT molecular complexity index is 2160. The Kier molecular flexibility index (Phi) is 9.93. The molecule has 0 aliphatic carbocycles. The summed E-state index contributed by atoms with van der Waals surface area (Å²) >= 11 is 0. The highest BCUT2D eigenvalue weighted by molar-refractivity contribution is 5.93. The molecule has 2 heterocycles. The summed E-state index contributed by atoms with van der Waals surface area (Å²) in [5, 5.41) is 23.7. The number of benzene rings is 5. The van der Waals surface area contributed by atoms with Crippen LogP contribution in [-0.4, -0.2) is 47.8 Å². The molecule has 1 N–H and O–H groups in total. The van der Waals surface area contributed by atoms with E-state index in [-0.39, 0.29) is 5.56 Å². The van der Waals surface area contributed by atoms with Gasteiger partial charge in [-0.05, 0) is 57.2 Å². The average Bonchev–Trinajstić information content (AvgIpc) is 3.68. The fourth-order valence-corrected chi connectivity index (χ4v) is 6.88. The minimum absolute atomic E-state index is 0.0996. The highest BCUT2D eigenvalue weighted by atomic mass is 16.4. The number of carboxylic acids is 1. The Hall–Kier alpha value is -6.48. The number of rotatable bonds is 13. The number of aromatic nitrogens is 6. The summed E-state index contributed by atoms with van der Waals surface area (Å²) in [5.41, 5.74) is 6.21. The molecule has 52 heavy (non-hydrogen) atoms. The first-order valence-corrected chi connectivity index (χ1v) is 17.5. The lowest BCUT2D eigenvalue weighted by atomic mass is 9.77. The minimum Gasteiger partial charge on any atom is -0.477 e. The fraction of sp³-hybridized carbons (Fsp3) is 0.163. The van der Waals surface area contributed by atoms with Gasteiger partial charge in [-0.3, -0.25) is 0 Å². The summed E-state index contributed by atoms with van der Waals surface area (Å²) in [6, 6.07) is 47.7. The van der Waals surface area contributed by atoms with Gasteiger partial charge in [-0.2, -0.15) is 0 Å².